The fourth-order valence-corrected chi connectivity index (χ4v) is 4.63. The van der Waals surface area contributed by atoms with E-state index in [2.05, 4.69) is 10.6 Å². The van der Waals surface area contributed by atoms with Crippen LogP contribution in [-0.2, 0) is 17.6 Å². The average molecular weight is 432 g/mol. The molecule has 2 aromatic rings. The summed E-state index contributed by atoms with van der Waals surface area (Å²) in [5.41, 5.74) is 0.140. The van der Waals surface area contributed by atoms with Crippen molar-refractivity contribution >= 4 is 45.3 Å². The predicted octanol–water partition coefficient (Wildman–Crippen LogP) is 5.17. The summed E-state index contributed by atoms with van der Waals surface area (Å²) >= 11 is 6.33. The Morgan fingerprint density at radius 3 is 2.36 bits per heavy atom. The summed E-state index contributed by atoms with van der Waals surface area (Å²) in [6, 6.07) is 0.109. The molecule has 1 aromatic carbocycles. The average Bonchev–Trinajstić information content (AvgIpc) is 2.83. The number of ether oxygens (including phenoxy) is 1. The molecular formula is C18H16F4N2O2S2. The molecular weight excluding hydrogens is 416 g/mol. The number of rotatable bonds is 3. The van der Waals surface area contributed by atoms with Crippen LogP contribution in [0.1, 0.15) is 40.1 Å². The lowest BCUT2D eigenvalue weighted by Gasteiger charge is -2.13. The minimum absolute atomic E-state index is 0.109. The van der Waals surface area contributed by atoms with E-state index in [1.165, 1.54) is 18.4 Å². The van der Waals surface area contributed by atoms with Crippen LogP contribution < -0.4 is 10.6 Å². The number of hydrogen-bond donors (Lipinski definition) is 2. The highest BCUT2D eigenvalue weighted by molar-refractivity contribution is 7.80. The van der Waals surface area contributed by atoms with Crippen LogP contribution in [0.15, 0.2) is 6.07 Å². The van der Waals surface area contributed by atoms with E-state index in [-0.39, 0.29) is 11.2 Å². The van der Waals surface area contributed by atoms with Crippen LogP contribution in [0, 0.1) is 23.3 Å². The third kappa shape index (κ3) is 3.97. The number of fused-ring (bicyclic) bond motifs is 1. The highest BCUT2D eigenvalue weighted by Gasteiger charge is 2.26. The fourth-order valence-electron chi connectivity index (χ4n) is 3.08. The lowest BCUT2D eigenvalue weighted by atomic mass is 10.1. The number of benzene rings is 1. The molecule has 1 aliphatic rings. The van der Waals surface area contributed by atoms with Crippen molar-refractivity contribution < 1.29 is 27.1 Å². The molecule has 1 aromatic heterocycles. The number of anilines is 2. The van der Waals surface area contributed by atoms with Crippen LogP contribution in [0.5, 0.6) is 0 Å². The lowest BCUT2D eigenvalue weighted by molar-refractivity contribution is 0.0601. The molecule has 4 nitrogen and oxygen atoms in total. The molecule has 0 spiro atoms. The second-order valence-electron chi connectivity index (χ2n) is 6.18. The van der Waals surface area contributed by atoms with Crippen molar-refractivity contribution in [1.29, 1.82) is 0 Å². The number of nitrogens with one attached hydrogen (secondary N) is 2. The number of methoxy groups -OCH3 is 1. The van der Waals surface area contributed by atoms with Crippen molar-refractivity contribution in [3.8, 4) is 0 Å². The van der Waals surface area contributed by atoms with Gasteiger partial charge in [0.05, 0.1) is 12.7 Å². The van der Waals surface area contributed by atoms with E-state index in [0.717, 1.165) is 36.1 Å². The number of esters is 1. The van der Waals surface area contributed by atoms with Gasteiger partial charge in [0.2, 0.25) is 0 Å². The largest absolute Gasteiger partial charge is 0.465 e. The van der Waals surface area contributed by atoms with E-state index in [4.69, 9.17) is 17.0 Å². The number of thiophene rings is 1. The Morgan fingerprint density at radius 1 is 1.07 bits per heavy atom. The van der Waals surface area contributed by atoms with Gasteiger partial charge in [-0.2, -0.15) is 0 Å². The molecule has 150 valence electrons. The molecule has 28 heavy (non-hydrogen) atoms. The predicted molar refractivity (Wildman–Crippen MR) is 103 cm³/mol. The summed E-state index contributed by atoms with van der Waals surface area (Å²) in [6.07, 6.45) is 4.46. The second kappa shape index (κ2) is 8.44. The Hall–Kier alpha value is -2.20. The van der Waals surface area contributed by atoms with Crippen LogP contribution in [0.25, 0.3) is 0 Å². The van der Waals surface area contributed by atoms with Crippen molar-refractivity contribution in [2.45, 2.75) is 32.1 Å². The molecule has 2 N–H and O–H groups in total. The summed E-state index contributed by atoms with van der Waals surface area (Å²) in [4.78, 5) is 13.3. The van der Waals surface area contributed by atoms with E-state index in [1.54, 1.807) is 0 Å². The van der Waals surface area contributed by atoms with E-state index >= 15 is 0 Å². The molecule has 0 saturated heterocycles. The highest BCUT2D eigenvalue weighted by Crippen LogP contribution is 2.38. The zero-order valence-corrected chi connectivity index (χ0v) is 16.4. The standard InChI is InChI=1S/C18H16F4N2O2S2/c1-26-17(25)12-8-5-3-2-4-6-11(8)28-16(12)24-18(27)23-15-13(21)9(19)7-10(20)14(15)22/h7H,2-6H2,1H3,(H2,23,24,27). The van der Waals surface area contributed by atoms with Crippen LogP contribution >= 0.6 is 23.6 Å². The van der Waals surface area contributed by atoms with Crippen molar-refractivity contribution in [2.24, 2.45) is 0 Å². The molecule has 3 rings (SSSR count). The van der Waals surface area contributed by atoms with E-state index in [1.807, 2.05) is 0 Å². The first-order valence-electron chi connectivity index (χ1n) is 8.47. The Balaban J connectivity index is 1.90. The van der Waals surface area contributed by atoms with Crippen molar-refractivity contribution in [3.05, 3.63) is 45.3 Å². The van der Waals surface area contributed by atoms with Gasteiger partial charge in [-0.15, -0.1) is 11.3 Å². The first-order chi connectivity index (χ1) is 13.3. The number of aryl methyl sites for hydroxylation is 1. The number of carbonyl (C=O) groups is 1. The highest BCUT2D eigenvalue weighted by atomic mass is 32.1. The van der Waals surface area contributed by atoms with Gasteiger partial charge in [0.15, 0.2) is 28.4 Å². The summed E-state index contributed by atoms with van der Waals surface area (Å²) in [7, 11) is 1.25. The minimum atomic E-state index is -1.60. The third-order valence-electron chi connectivity index (χ3n) is 4.39. The molecule has 0 radical (unpaired) electrons. The first kappa shape index (κ1) is 20.5. The molecule has 0 amide bonds. The molecule has 1 heterocycles. The lowest BCUT2D eigenvalue weighted by Crippen LogP contribution is -2.22. The Labute approximate surface area is 167 Å². The Morgan fingerprint density at radius 2 is 1.71 bits per heavy atom. The number of halogens is 4. The molecule has 1 aliphatic carbocycles. The zero-order valence-electron chi connectivity index (χ0n) is 14.8. The van der Waals surface area contributed by atoms with E-state index in [9.17, 15) is 22.4 Å². The maximum Gasteiger partial charge on any atom is 0.341 e. The van der Waals surface area contributed by atoms with Crippen LogP contribution in [0.3, 0.4) is 0 Å². The quantitative estimate of drug-likeness (QED) is 0.230. The summed E-state index contributed by atoms with van der Waals surface area (Å²) in [6.45, 7) is 0. The zero-order chi connectivity index (χ0) is 20.4. The van der Waals surface area contributed by atoms with Gasteiger partial charge in [0, 0.05) is 10.9 Å². The summed E-state index contributed by atoms with van der Waals surface area (Å²) in [5.74, 6) is -6.86. The topological polar surface area (TPSA) is 50.4 Å². The van der Waals surface area contributed by atoms with Crippen molar-refractivity contribution in [2.75, 3.05) is 17.7 Å². The molecule has 0 bridgehead atoms. The Bertz CT molecular complexity index is 920. The number of carbonyl (C=O) groups excluding carboxylic acids is 1. The monoisotopic (exact) mass is 432 g/mol. The molecule has 10 heteroatoms. The number of hydrogen-bond acceptors (Lipinski definition) is 4. The van der Waals surface area contributed by atoms with Crippen molar-refractivity contribution in [1.82, 2.24) is 0 Å². The second-order valence-corrected chi connectivity index (χ2v) is 7.70. The van der Waals surface area contributed by atoms with Crippen LogP contribution in [-0.4, -0.2) is 18.2 Å². The van der Waals surface area contributed by atoms with Gasteiger partial charge >= 0.3 is 5.97 Å². The van der Waals surface area contributed by atoms with E-state index in [0.29, 0.717) is 17.0 Å². The summed E-state index contributed by atoms with van der Waals surface area (Å²) < 4.78 is 59.2. The van der Waals surface area contributed by atoms with Gasteiger partial charge in [-0.3, -0.25) is 0 Å². The van der Waals surface area contributed by atoms with Gasteiger partial charge in [-0.1, -0.05) is 6.42 Å². The van der Waals surface area contributed by atoms with Gasteiger partial charge in [0.25, 0.3) is 0 Å². The van der Waals surface area contributed by atoms with Crippen LogP contribution in [0.4, 0.5) is 28.3 Å². The summed E-state index contributed by atoms with van der Waals surface area (Å²) in [5, 5.41) is 4.88. The molecule has 0 atom stereocenters. The minimum Gasteiger partial charge on any atom is -0.465 e. The van der Waals surface area contributed by atoms with Gasteiger partial charge in [-0.25, -0.2) is 22.4 Å². The van der Waals surface area contributed by atoms with Gasteiger partial charge in [0.1, 0.15) is 10.7 Å². The Kier molecular flexibility index (Phi) is 6.19. The molecule has 0 saturated carbocycles. The van der Waals surface area contributed by atoms with E-state index < -0.39 is 34.9 Å². The van der Waals surface area contributed by atoms with Gasteiger partial charge in [-0.05, 0) is 43.5 Å². The molecule has 0 unspecified atom stereocenters. The van der Waals surface area contributed by atoms with Gasteiger partial charge < -0.3 is 15.4 Å². The number of thiocarbonyl (C=S) groups is 1. The maximum absolute atomic E-state index is 13.8. The third-order valence-corrected chi connectivity index (χ3v) is 5.80. The SMILES string of the molecule is COC(=O)c1c(NC(=S)Nc2c(F)c(F)cc(F)c2F)sc2c1CCCCC2. The fraction of sp³-hybridized carbons (Fsp3) is 0.333. The normalized spacial score (nSPS) is 13.5. The van der Waals surface area contributed by atoms with Crippen LogP contribution in [0.2, 0.25) is 0 Å². The molecule has 0 fully saturated rings. The molecule has 0 aliphatic heterocycles. The smallest absolute Gasteiger partial charge is 0.341 e. The van der Waals surface area contributed by atoms with Crippen molar-refractivity contribution in [3.63, 3.8) is 0 Å². The first-order valence-corrected chi connectivity index (χ1v) is 9.69. The maximum atomic E-state index is 13.8.